The van der Waals surface area contributed by atoms with Gasteiger partial charge in [-0.1, -0.05) is 33.8 Å². The van der Waals surface area contributed by atoms with Gasteiger partial charge in [-0.05, 0) is 35.1 Å². The number of aryl methyl sites for hydroxylation is 1. The van der Waals surface area contributed by atoms with Crippen molar-refractivity contribution in [3.8, 4) is 0 Å². The van der Waals surface area contributed by atoms with Gasteiger partial charge in [0.05, 0.1) is 12.7 Å². The van der Waals surface area contributed by atoms with E-state index in [1.54, 1.807) is 0 Å². The lowest BCUT2D eigenvalue weighted by Gasteiger charge is -2.23. The summed E-state index contributed by atoms with van der Waals surface area (Å²) < 4.78 is 4.72. The van der Waals surface area contributed by atoms with E-state index in [2.05, 4.69) is 27.7 Å². The van der Waals surface area contributed by atoms with Gasteiger partial charge in [-0.3, -0.25) is 0 Å². The van der Waals surface area contributed by atoms with Crippen molar-refractivity contribution in [1.82, 2.24) is 0 Å². The standard InChI is InChI=1S/C14H20O2/c1-6-10-9-11(13(15)16-5)7-8-12(10)14(2,3)4/h7-9H,6H2,1-5H3. The molecule has 0 spiro atoms. The molecule has 0 radical (unpaired) electrons. The summed E-state index contributed by atoms with van der Waals surface area (Å²) in [4.78, 5) is 11.4. The molecule has 2 nitrogen and oxygen atoms in total. The maximum absolute atomic E-state index is 11.4. The molecule has 0 unspecified atom stereocenters. The highest BCUT2D eigenvalue weighted by Crippen LogP contribution is 2.27. The van der Waals surface area contributed by atoms with Gasteiger partial charge in [0.2, 0.25) is 0 Å². The fraction of sp³-hybridized carbons (Fsp3) is 0.500. The summed E-state index contributed by atoms with van der Waals surface area (Å²) in [6, 6.07) is 5.81. The highest BCUT2D eigenvalue weighted by atomic mass is 16.5. The first kappa shape index (κ1) is 12.8. The number of carbonyl (C=O) groups is 1. The van der Waals surface area contributed by atoms with Gasteiger partial charge in [0.1, 0.15) is 0 Å². The van der Waals surface area contributed by atoms with E-state index in [0.717, 1.165) is 6.42 Å². The summed E-state index contributed by atoms with van der Waals surface area (Å²) in [7, 11) is 1.41. The van der Waals surface area contributed by atoms with Gasteiger partial charge in [-0.2, -0.15) is 0 Å². The Balaban J connectivity index is 3.22. The van der Waals surface area contributed by atoms with E-state index in [4.69, 9.17) is 4.74 Å². The van der Waals surface area contributed by atoms with E-state index >= 15 is 0 Å². The Morgan fingerprint density at radius 2 is 1.94 bits per heavy atom. The van der Waals surface area contributed by atoms with Gasteiger partial charge in [0.25, 0.3) is 0 Å². The molecule has 0 saturated heterocycles. The van der Waals surface area contributed by atoms with Crippen LogP contribution in [-0.2, 0) is 16.6 Å². The van der Waals surface area contributed by atoms with Gasteiger partial charge in [-0.25, -0.2) is 4.79 Å². The van der Waals surface area contributed by atoms with Crippen molar-refractivity contribution >= 4 is 5.97 Å². The summed E-state index contributed by atoms with van der Waals surface area (Å²) in [5.74, 6) is -0.268. The zero-order chi connectivity index (χ0) is 12.3. The fourth-order valence-corrected chi connectivity index (χ4v) is 1.86. The summed E-state index contributed by atoms with van der Waals surface area (Å²) in [5.41, 5.74) is 3.25. The number of carbonyl (C=O) groups excluding carboxylic acids is 1. The molecule has 0 amide bonds. The van der Waals surface area contributed by atoms with Crippen LogP contribution in [0.5, 0.6) is 0 Å². The molecular weight excluding hydrogens is 200 g/mol. The van der Waals surface area contributed by atoms with Crippen LogP contribution in [0.3, 0.4) is 0 Å². The van der Waals surface area contributed by atoms with Crippen molar-refractivity contribution in [2.75, 3.05) is 7.11 Å². The molecule has 88 valence electrons. The van der Waals surface area contributed by atoms with E-state index in [1.807, 2.05) is 18.2 Å². The summed E-state index contributed by atoms with van der Waals surface area (Å²) in [6.07, 6.45) is 0.928. The average Bonchev–Trinajstić information content (AvgIpc) is 2.25. The molecule has 1 aromatic rings. The Kier molecular flexibility index (Phi) is 3.74. The molecule has 0 saturated carbocycles. The fourth-order valence-electron chi connectivity index (χ4n) is 1.86. The van der Waals surface area contributed by atoms with E-state index in [9.17, 15) is 4.79 Å². The number of hydrogen-bond acceptors (Lipinski definition) is 2. The summed E-state index contributed by atoms with van der Waals surface area (Å²) >= 11 is 0. The largest absolute Gasteiger partial charge is 0.465 e. The second kappa shape index (κ2) is 4.69. The first-order valence-corrected chi connectivity index (χ1v) is 5.62. The zero-order valence-corrected chi connectivity index (χ0v) is 10.8. The number of hydrogen-bond donors (Lipinski definition) is 0. The highest BCUT2D eigenvalue weighted by molar-refractivity contribution is 5.89. The Labute approximate surface area is 97.6 Å². The van der Waals surface area contributed by atoms with Crippen molar-refractivity contribution in [2.45, 2.75) is 39.5 Å². The average molecular weight is 220 g/mol. The van der Waals surface area contributed by atoms with Crippen LogP contribution in [0.4, 0.5) is 0 Å². The Morgan fingerprint density at radius 3 is 2.38 bits per heavy atom. The van der Waals surface area contributed by atoms with Crippen LogP contribution < -0.4 is 0 Å². The topological polar surface area (TPSA) is 26.3 Å². The van der Waals surface area contributed by atoms with Gasteiger partial charge in [0, 0.05) is 0 Å². The maximum atomic E-state index is 11.4. The van der Waals surface area contributed by atoms with Crippen molar-refractivity contribution in [2.24, 2.45) is 0 Å². The van der Waals surface area contributed by atoms with E-state index < -0.39 is 0 Å². The molecule has 2 heteroatoms. The predicted molar refractivity (Wildman–Crippen MR) is 65.9 cm³/mol. The van der Waals surface area contributed by atoms with Crippen LogP contribution in [0.2, 0.25) is 0 Å². The number of esters is 1. The Morgan fingerprint density at radius 1 is 1.31 bits per heavy atom. The second-order valence-corrected chi connectivity index (χ2v) is 4.97. The van der Waals surface area contributed by atoms with Crippen LogP contribution >= 0.6 is 0 Å². The minimum Gasteiger partial charge on any atom is -0.465 e. The molecule has 0 atom stereocenters. The smallest absolute Gasteiger partial charge is 0.337 e. The lowest BCUT2D eigenvalue weighted by atomic mass is 9.82. The van der Waals surface area contributed by atoms with Crippen molar-refractivity contribution in [3.63, 3.8) is 0 Å². The minimum atomic E-state index is -0.268. The number of rotatable bonds is 2. The van der Waals surface area contributed by atoms with Crippen molar-refractivity contribution < 1.29 is 9.53 Å². The molecule has 0 aromatic heterocycles. The van der Waals surface area contributed by atoms with Gasteiger partial charge < -0.3 is 4.74 Å². The quantitative estimate of drug-likeness (QED) is 0.714. The predicted octanol–water partition coefficient (Wildman–Crippen LogP) is 3.33. The SMILES string of the molecule is CCc1cc(C(=O)OC)ccc1C(C)(C)C. The van der Waals surface area contributed by atoms with E-state index in [1.165, 1.54) is 18.2 Å². The van der Waals surface area contributed by atoms with Gasteiger partial charge in [0.15, 0.2) is 0 Å². The molecular formula is C14H20O2. The zero-order valence-electron chi connectivity index (χ0n) is 10.8. The van der Waals surface area contributed by atoms with Crippen LogP contribution in [0.15, 0.2) is 18.2 Å². The summed E-state index contributed by atoms with van der Waals surface area (Å²) in [5, 5.41) is 0. The van der Waals surface area contributed by atoms with Gasteiger partial charge in [-0.15, -0.1) is 0 Å². The molecule has 0 aliphatic carbocycles. The van der Waals surface area contributed by atoms with Crippen molar-refractivity contribution in [1.29, 1.82) is 0 Å². The third-order valence-corrected chi connectivity index (χ3v) is 2.72. The number of ether oxygens (including phenoxy) is 1. The lowest BCUT2D eigenvalue weighted by Crippen LogP contribution is -2.15. The van der Waals surface area contributed by atoms with Crippen LogP contribution in [0.25, 0.3) is 0 Å². The third-order valence-electron chi connectivity index (χ3n) is 2.72. The van der Waals surface area contributed by atoms with Gasteiger partial charge >= 0.3 is 5.97 Å². The second-order valence-electron chi connectivity index (χ2n) is 4.97. The molecule has 0 aliphatic rings. The first-order chi connectivity index (χ1) is 7.40. The molecule has 0 fully saturated rings. The van der Waals surface area contributed by atoms with E-state index in [-0.39, 0.29) is 11.4 Å². The third kappa shape index (κ3) is 2.63. The van der Waals surface area contributed by atoms with Crippen LogP contribution in [-0.4, -0.2) is 13.1 Å². The Bertz CT molecular complexity index is 386. The molecule has 0 bridgehead atoms. The molecule has 0 N–H and O–H groups in total. The monoisotopic (exact) mass is 220 g/mol. The van der Waals surface area contributed by atoms with Crippen molar-refractivity contribution in [3.05, 3.63) is 34.9 Å². The molecule has 0 heterocycles. The first-order valence-electron chi connectivity index (χ1n) is 5.62. The maximum Gasteiger partial charge on any atom is 0.337 e. The van der Waals surface area contributed by atoms with Crippen LogP contribution in [0.1, 0.15) is 49.2 Å². The molecule has 0 aliphatic heterocycles. The lowest BCUT2D eigenvalue weighted by molar-refractivity contribution is 0.0600. The van der Waals surface area contributed by atoms with Crippen LogP contribution in [0, 0.1) is 0 Å². The number of benzene rings is 1. The van der Waals surface area contributed by atoms with E-state index in [0.29, 0.717) is 5.56 Å². The number of methoxy groups -OCH3 is 1. The minimum absolute atomic E-state index is 0.111. The molecule has 1 rings (SSSR count). The highest BCUT2D eigenvalue weighted by Gasteiger charge is 2.18. The molecule has 1 aromatic carbocycles. The molecule has 16 heavy (non-hydrogen) atoms. The summed E-state index contributed by atoms with van der Waals surface area (Å²) in [6.45, 7) is 8.64. The normalized spacial score (nSPS) is 11.3. The Hall–Kier alpha value is -1.31.